The molecule has 9 heteroatoms. The van der Waals surface area contributed by atoms with Crippen molar-refractivity contribution in [2.45, 2.75) is 32.5 Å². The SMILES string of the molecule is CCOC(=O)c1ccc(NC(=O)C[C@H]2C(=O)N(Cc3ccccc3)C(=S)N2Cc2cccnc2)cc1. The average Bonchev–Trinajstić information content (AvgIpc) is 3.10. The molecule has 36 heavy (non-hydrogen) atoms. The number of carbonyl (C=O) groups is 3. The van der Waals surface area contributed by atoms with E-state index in [0.29, 0.717) is 29.5 Å². The molecule has 1 N–H and O–H groups in total. The number of anilines is 1. The second kappa shape index (κ2) is 11.5. The molecule has 3 aromatic rings. The lowest BCUT2D eigenvalue weighted by atomic mass is 10.1. The Bertz CT molecular complexity index is 1240. The minimum Gasteiger partial charge on any atom is -0.462 e. The Balaban J connectivity index is 1.49. The number of hydrogen-bond acceptors (Lipinski definition) is 6. The largest absolute Gasteiger partial charge is 0.462 e. The normalized spacial score (nSPS) is 15.2. The summed E-state index contributed by atoms with van der Waals surface area (Å²) < 4.78 is 4.98. The fourth-order valence-electron chi connectivity index (χ4n) is 3.96. The summed E-state index contributed by atoms with van der Waals surface area (Å²) in [4.78, 5) is 45.7. The molecule has 1 aromatic heterocycles. The maximum Gasteiger partial charge on any atom is 0.338 e. The lowest BCUT2D eigenvalue weighted by Crippen LogP contribution is -2.37. The number of amides is 2. The molecular formula is C27H26N4O4S. The molecule has 1 fully saturated rings. The summed E-state index contributed by atoms with van der Waals surface area (Å²) in [5.41, 5.74) is 2.74. The Kier molecular flexibility index (Phi) is 8.02. The molecule has 2 amide bonds. The number of hydrogen-bond donors (Lipinski definition) is 1. The Labute approximate surface area is 214 Å². The molecule has 2 heterocycles. The predicted molar refractivity (Wildman–Crippen MR) is 139 cm³/mol. The molecule has 0 bridgehead atoms. The first-order valence-electron chi connectivity index (χ1n) is 11.6. The highest BCUT2D eigenvalue weighted by Gasteiger charge is 2.43. The third-order valence-corrected chi connectivity index (χ3v) is 6.18. The van der Waals surface area contributed by atoms with Crippen molar-refractivity contribution < 1.29 is 19.1 Å². The smallest absolute Gasteiger partial charge is 0.338 e. The molecule has 184 valence electrons. The molecule has 0 unspecified atom stereocenters. The maximum absolute atomic E-state index is 13.4. The van der Waals surface area contributed by atoms with Crippen LogP contribution in [0.1, 0.15) is 34.8 Å². The van der Waals surface area contributed by atoms with Gasteiger partial charge in [0.15, 0.2) is 5.11 Å². The molecule has 8 nitrogen and oxygen atoms in total. The number of carbonyl (C=O) groups excluding carboxylic acids is 3. The van der Waals surface area contributed by atoms with Crippen LogP contribution in [0.3, 0.4) is 0 Å². The van der Waals surface area contributed by atoms with E-state index in [1.807, 2.05) is 42.5 Å². The van der Waals surface area contributed by atoms with Crippen LogP contribution in [-0.4, -0.2) is 50.3 Å². The molecule has 1 aliphatic rings. The molecular weight excluding hydrogens is 476 g/mol. The molecule has 2 aromatic carbocycles. The van der Waals surface area contributed by atoms with Gasteiger partial charge in [-0.1, -0.05) is 36.4 Å². The fourth-order valence-corrected chi connectivity index (χ4v) is 4.31. The van der Waals surface area contributed by atoms with E-state index in [0.717, 1.165) is 11.1 Å². The lowest BCUT2D eigenvalue weighted by Gasteiger charge is -2.24. The zero-order chi connectivity index (χ0) is 25.5. The highest BCUT2D eigenvalue weighted by molar-refractivity contribution is 7.80. The molecule has 4 rings (SSSR count). The van der Waals surface area contributed by atoms with Crippen LogP contribution in [0.5, 0.6) is 0 Å². The quantitative estimate of drug-likeness (QED) is 0.352. The molecule has 0 saturated carbocycles. The van der Waals surface area contributed by atoms with Crippen LogP contribution in [0.15, 0.2) is 79.1 Å². The molecule has 0 spiro atoms. The number of aromatic nitrogens is 1. The number of benzene rings is 2. The number of ether oxygens (including phenoxy) is 1. The van der Waals surface area contributed by atoms with Crippen LogP contribution in [0.2, 0.25) is 0 Å². The number of nitrogens with one attached hydrogen (secondary N) is 1. The zero-order valence-electron chi connectivity index (χ0n) is 19.8. The topological polar surface area (TPSA) is 91.8 Å². The maximum atomic E-state index is 13.4. The van der Waals surface area contributed by atoms with E-state index in [-0.39, 0.29) is 24.8 Å². The molecule has 1 aliphatic heterocycles. The first-order valence-corrected chi connectivity index (χ1v) is 12.0. The molecule has 0 radical (unpaired) electrons. The van der Waals surface area contributed by atoms with E-state index < -0.39 is 12.0 Å². The van der Waals surface area contributed by atoms with Gasteiger partial charge >= 0.3 is 5.97 Å². The lowest BCUT2D eigenvalue weighted by molar-refractivity contribution is -0.131. The average molecular weight is 503 g/mol. The summed E-state index contributed by atoms with van der Waals surface area (Å²) >= 11 is 5.69. The van der Waals surface area contributed by atoms with Crippen LogP contribution < -0.4 is 5.32 Å². The summed E-state index contributed by atoms with van der Waals surface area (Å²) in [7, 11) is 0. The van der Waals surface area contributed by atoms with E-state index in [4.69, 9.17) is 17.0 Å². The summed E-state index contributed by atoms with van der Waals surface area (Å²) in [6.07, 6.45) is 3.32. The van der Waals surface area contributed by atoms with Gasteiger partial charge < -0.3 is 15.0 Å². The Morgan fingerprint density at radius 2 is 1.72 bits per heavy atom. The van der Waals surface area contributed by atoms with Gasteiger partial charge in [-0.25, -0.2) is 4.79 Å². The van der Waals surface area contributed by atoms with Crippen molar-refractivity contribution in [1.82, 2.24) is 14.8 Å². The number of rotatable bonds is 9. The van der Waals surface area contributed by atoms with Crippen LogP contribution in [0.25, 0.3) is 0 Å². The van der Waals surface area contributed by atoms with Gasteiger partial charge in [-0.05, 0) is 60.6 Å². The summed E-state index contributed by atoms with van der Waals surface area (Å²) in [6.45, 7) is 2.71. The van der Waals surface area contributed by atoms with Gasteiger partial charge in [0.05, 0.1) is 25.1 Å². The van der Waals surface area contributed by atoms with Gasteiger partial charge in [0.25, 0.3) is 5.91 Å². The van der Waals surface area contributed by atoms with E-state index in [2.05, 4.69) is 10.3 Å². The third kappa shape index (κ3) is 5.92. The van der Waals surface area contributed by atoms with E-state index >= 15 is 0 Å². The summed E-state index contributed by atoms with van der Waals surface area (Å²) in [5, 5.41) is 3.19. The van der Waals surface area contributed by atoms with Crippen molar-refractivity contribution in [2.24, 2.45) is 0 Å². The second-order valence-electron chi connectivity index (χ2n) is 8.25. The van der Waals surface area contributed by atoms with Crippen molar-refractivity contribution in [1.29, 1.82) is 0 Å². The zero-order valence-corrected chi connectivity index (χ0v) is 20.6. The molecule has 1 atom stereocenters. The van der Waals surface area contributed by atoms with Gasteiger partial charge in [-0.15, -0.1) is 0 Å². The minimum atomic E-state index is -0.750. The van der Waals surface area contributed by atoms with Crippen molar-refractivity contribution in [3.63, 3.8) is 0 Å². The number of thiocarbonyl (C=S) groups is 1. The number of nitrogens with zero attached hydrogens (tertiary/aromatic N) is 3. The Morgan fingerprint density at radius 3 is 2.39 bits per heavy atom. The van der Waals surface area contributed by atoms with E-state index in [1.165, 1.54) is 0 Å². The van der Waals surface area contributed by atoms with Crippen LogP contribution in [0, 0.1) is 0 Å². The van der Waals surface area contributed by atoms with Gasteiger partial charge in [0, 0.05) is 24.6 Å². The van der Waals surface area contributed by atoms with Crippen LogP contribution in [0.4, 0.5) is 5.69 Å². The van der Waals surface area contributed by atoms with Gasteiger partial charge in [0.1, 0.15) is 6.04 Å². The summed E-state index contributed by atoms with van der Waals surface area (Å²) in [5.74, 6) is -0.983. The van der Waals surface area contributed by atoms with Crippen molar-refractivity contribution >= 4 is 40.8 Å². The standard InChI is InChI=1S/C27H26N4O4S/c1-2-35-26(34)21-10-12-22(13-11-21)29-24(32)15-23-25(33)31(17-19-7-4-3-5-8-19)27(36)30(23)18-20-9-6-14-28-16-20/h3-14,16,23H,2,15,17-18H2,1H3,(H,29,32)/t23-/m0/s1. The summed E-state index contributed by atoms with van der Waals surface area (Å²) in [6, 6.07) is 19.0. The number of pyridine rings is 1. The fraction of sp³-hybridized carbons (Fsp3) is 0.222. The second-order valence-corrected chi connectivity index (χ2v) is 8.61. The van der Waals surface area contributed by atoms with Gasteiger partial charge in [-0.2, -0.15) is 0 Å². The highest BCUT2D eigenvalue weighted by atomic mass is 32.1. The Morgan fingerprint density at radius 1 is 1.00 bits per heavy atom. The Hall–Kier alpha value is -4.11. The predicted octanol–water partition coefficient (Wildman–Crippen LogP) is 3.79. The van der Waals surface area contributed by atoms with Gasteiger partial charge in [0.2, 0.25) is 5.91 Å². The van der Waals surface area contributed by atoms with Crippen molar-refractivity contribution in [3.8, 4) is 0 Å². The van der Waals surface area contributed by atoms with Crippen LogP contribution in [-0.2, 0) is 27.4 Å². The van der Waals surface area contributed by atoms with Crippen LogP contribution >= 0.6 is 12.2 Å². The number of esters is 1. The van der Waals surface area contributed by atoms with E-state index in [1.54, 1.807) is 53.4 Å². The van der Waals surface area contributed by atoms with Gasteiger partial charge in [-0.3, -0.25) is 19.5 Å². The highest BCUT2D eigenvalue weighted by Crippen LogP contribution is 2.25. The first-order chi connectivity index (χ1) is 17.5. The van der Waals surface area contributed by atoms with E-state index in [9.17, 15) is 14.4 Å². The first kappa shape index (κ1) is 25.0. The minimum absolute atomic E-state index is 0.0792. The third-order valence-electron chi connectivity index (χ3n) is 5.72. The monoisotopic (exact) mass is 502 g/mol. The van der Waals surface area contributed by atoms with Crippen molar-refractivity contribution in [2.75, 3.05) is 11.9 Å². The molecule has 0 aliphatic carbocycles. The van der Waals surface area contributed by atoms with Crippen molar-refractivity contribution in [3.05, 3.63) is 95.8 Å². The molecule has 1 saturated heterocycles.